The van der Waals surface area contributed by atoms with Crippen LogP contribution in [0.2, 0.25) is 0 Å². The zero-order valence-corrected chi connectivity index (χ0v) is 12.6. The van der Waals surface area contributed by atoms with Crippen LogP contribution in [0.4, 0.5) is 0 Å². The molecule has 0 saturated heterocycles. The van der Waals surface area contributed by atoms with Gasteiger partial charge in [0.05, 0.1) is 0 Å². The smallest absolute Gasteiger partial charge is 0.0473 e. The van der Waals surface area contributed by atoms with E-state index in [-0.39, 0.29) is 0 Å². The summed E-state index contributed by atoms with van der Waals surface area (Å²) in [6.45, 7) is 5.90. The number of nitrogens with zero attached hydrogens (tertiary/aromatic N) is 1. The summed E-state index contributed by atoms with van der Waals surface area (Å²) in [6.07, 6.45) is 5.37. The molecule has 0 bridgehead atoms. The van der Waals surface area contributed by atoms with Gasteiger partial charge >= 0.3 is 0 Å². The third-order valence-electron chi connectivity index (χ3n) is 4.26. The van der Waals surface area contributed by atoms with Crippen molar-refractivity contribution in [1.29, 1.82) is 0 Å². The van der Waals surface area contributed by atoms with Crippen molar-refractivity contribution in [2.24, 2.45) is 0 Å². The molecule has 0 heterocycles. The van der Waals surface area contributed by atoms with E-state index in [9.17, 15) is 0 Å². The highest BCUT2D eigenvalue weighted by molar-refractivity contribution is 5.20. The molecule has 0 spiro atoms. The van der Waals surface area contributed by atoms with Crippen molar-refractivity contribution in [3.8, 4) is 0 Å². The summed E-state index contributed by atoms with van der Waals surface area (Å²) in [4.78, 5) is 2.72. The molecule has 2 rings (SSSR count). The first-order valence-electron chi connectivity index (χ1n) is 7.75. The highest BCUT2D eigenvalue weighted by Gasteiger charge is 2.34. The molecule has 1 aromatic rings. The Morgan fingerprint density at radius 2 is 1.95 bits per heavy atom. The summed E-state index contributed by atoms with van der Waals surface area (Å²) in [5.74, 6) is 0. The summed E-state index contributed by atoms with van der Waals surface area (Å²) < 4.78 is 0. The molecule has 1 aromatic carbocycles. The lowest BCUT2D eigenvalue weighted by molar-refractivity contribution is 0.160. The van der Waals surface area contributed by atoms with Gasteiger partial charge in [0.25, 0.3) is 0 Å². The fourth-order valence-corrected chi connectivity index (χ4v) is 3.00. The van der Waals surface area contributed by atoms with Crippen LogP contribution < -0.4 is 5.32 Å². The minimum Gasteiger partial charge on any atom is -0.312 e. The van der Waals surface area contributed by atoms with Crippen LogP contribution in [0, 0.1) is 0 Å². The van der Waals surface area contributed by atoms with Crippen LogP contribution in [-0.4, -0.2) is 30.6 Å². The number of hydrogen-bond donors (Lipinski definition) is 1. The van der Waals surface area contributed by atoms with Gasteiger partial charge in [0, 0.05) is 18.1 Å². The second-order valence-electron chi connectivity index (χ2n) is 5.74. The van der Waals surface area contributed by atoms with E-state index in [1.54, 1.807) is 0 Å². The van der Waals surface area contributed by atoms with Crippen molar-refractivity contribution in [1.82, 2.24) is 10.2 Å². The Kier molecular flexibility index (Phi) is 5.41. The van der Waals surface area contributed by atoms with E-state index in [4.69, 9.17) is 0 Å². The minimum atomic E-state index is 0.429. The first-order valence-corrected chi connectivity index (χ1v) is 7.75. The first-order chi connectivity index (χ1) is 9.27. The molecule has 0 amide bonds. The average Bonchev–Trinajstić information content (AvgIpc) is 3.26. The summed E-state index contributed by atoms with van der Waals surface area (Å²) >= 11 is 0. The molecule has 1 N–H and O–H groups in total. The van der Waals surface area contributed by atoms with Crippen LogP contribution >= 0.6 is 0 Å². The SMILES string of the molecule is CCCCN(C1CC1)C(C)C(NC)c1ccccc1. The fourth-order valence-electron chi connectivity index (χ4n) is 3.00. The Morgan fingerprint density at radius 1 is 1.26 bits per heavy atom. The molecule has 1 aliphatic carbocycles. The van der Waals surface area contributed by atoms with E-state index in [2.05, 4.69) is 61.4 Å². The normalized spacial score (nSPS) is 18.5. The van der Waals surface area contributed by atoms with Crippen molar-refractivity contribution in [2.75, 3.05) is 13.6 Å². The zero-order valence-electron chi connectivity index (χ0n) is 12.6. The van der Waals surface area contributed by atoms with Gasteiger partial charge in [0.1, 0.15) is 0 Å². The zero-order chi connectivity index (χ0) is 13.7. The highest BCUT2D eigenvalue weighted by atomic mass is 15.2. The molecule has 0 aliphatic heterocycles. The fraction of sp³-hybridized carbons (Fsp3) is 0.647. The Hall–Kier alpha value is -0.860. The number of rotatable bonds is 8. The number of likely N-dealkylation sites (N-methyl/N-ethyl adjacent to an activating group) is 1. The number of unbranched alkanes of at least 4 members (excludes halogenated alkanes) is 1. The second kappa shape index (κ2) is 7.06. The molecule has 2 heteroatoms. The molecule has 1 fully saturated rings. The summed E-state index contributed by atoms with van der Waals surface area (Å²) in [6, 6.07) is 12.7. The predicted molar refractivity (Wildman–Crippen MR) is 82.3 cm³/mol. The quantitative estimate of drug-likeness (QED) is 0.768. The summed E-state index contributed by atoms with van der Waals surface area (Å²) in [5.41, 5.74) is 1.40. The minimum absolute atomic E-state index is 0.429. The molecular weight excluding hydrogens is 232 g/mol. The Morgan fingerprint density at radius 3 is 2.47 bits per heavy atom. The van der Waals surface area contributed by atoms with E-state index in [1.807, 2.05) is 0 Å². The molecule has 2 atom stereocenters. The monoisotopic (exact) mass is 260 g/mol. The van der Waals surface area contributed by atoms with Gasteiger partial charge in [-0.25, -0.2) is 0 Å². The van der Waals surface area contributed by atoms with Gasteiger partial charge < -0.3 is 5.32 Å². The Balaban J connectivity index is 2.07. The second-order valence-corrected chi connectivity index (χ2v) is 5.74. The molecule has 106 valence electrons. The molecule has 19 heavy (non-hydrogen) atoms. The van der Waals surface area contributed by atoms with E-state index >= 15 is 0 Å². The van der Waals surface area contributed by atoms with E-state index in [1.165, 1.54) is 37.8 Å². The van der Waals surface area contributed by atoms with Crippen LogP contribution in [0.15, 0.2) is 30.3 Å². The molecule has 1 saturated carbocycles. The summed E-state index contributed by atoms with van der Waals surface area (Å²) in [5, 5.41) is 3.52. The topological polar surface area (TPSA) is 15.3 Å². The Bertz CT molecular complexity index is 359. The van der Waals surface area contributed by atoms with E-state index in [0.29, 0.717) is 12.1 Å². The Labute approximate surface area is 118 Å². The highest BCUT2D eigenvalue weighted by Crippen LogP contribution is 2.32. The van der Waals surface area contributed by atoms with Gasteiger partial charge in [-0.1, -0.05) is 43.7 Å². The summed E-state index contributed by atoms with van der Waals surface area (Å²) in [7, 11) is 2.08. The van der Waals surface area contributed by atoms with E-state index < -0.39 is 0 Å². The molecule has 2 unspecified atom stereocenters. The van der Waals surface area contributed by atoms with Crippen LogP contribution in [0.25, 0.3) is 0 Å². The van der Waals surface area contributed by atoms with Crippen molar-refractivity contribution >= 4 is 0 Å². The van der Waals surface area contributed by atoms with Gasteiger partial charge in [0.15, 0.2) is 0 Å². The predicted octanol–water partition coefficient (Wildman–Crippen LogP) is 3.60. The molecular formula is C17H28N2. The van der Waals surface area contributed by atoms with Gasteiger partial charge in [0.2, 0.25) is 0 Å². The molecule has 0 aromatic heterocycles. The van der Waals surface area contributed by atoms with Crippen LogP contribution in [-0.2, 0) is 0 Å². The number of benzene rings is 1. The number of nitrogens with one attached hydrogen (secondary N) is 1. The van der Waals surface area contributed by atoms with Gasteiger partial charge in [-0.3, -0.25) is 4.90 Å². The van der Waals surface area contributed by atoms with Crippen molar-refractivity contribution < 1.29 is 0 Å². The largest absolute Gasteiger partial charge is 0.312 e. The maximum atomic E-state index is 3.52. The maximum Gasteiger partial charge on any atom is 0.0473 e. The number of hydrogen-bond acceptors (Lipinski definition) is 2. The van der Waals surface area contributed by atoms with Crippen molar-refractivity contribution in [2.45, 2.75) is 57.7 Å². The lowest BCUT2D eigenvalue weighted by atomic mass is 9.99. The maximum absolute atomic E-state index is 3.52. The molecule has 0 radical (unpaired) electrons. The first kappa shape index (κ1) is 14.5. The van der Waals surface area contributed by atoms with Crippen molar-refractivity contribution in [3.63, 3.8) is 0 Å². The lowest BCUT2D eigenvalue weighted by Gasteiger charge is -2.35. The van der Waals surface area contributed by atoms with Gasteiger partial charge in [-0.05, 0) is 45.3 Å². The molecule has 2 nitrogen and oxygen atoms in total. The van der Waals surface area contributed by atoms with Crippen molar-refractivity contribution in [3.05, 3.63) is 35.9 Å². The standard InChI is InChI=1S/C17H28N2/c1-4-5-13-19(16-11-12-16)14(2)17(18-3)15-9-7-6-8-10-15/h6-10,14,16-18H,4-5,11-13H2,1-3H3. The van der Waals surface area contributed by atoms with Crippen LogP contribution in [0.5, 0.6) is 0 Å². The van der Waals surface area contributed by atoms with Gasteiger partial charge in [-0.15, -0.1) is 0 Å². The third-order valence-corrected chi connectivity index (χ3v) is 4.26. The van der Waals surface area contributed by atoms with Gasteiger partial charge in [-0.2, -0.15) is 0 Å². The average molecular weight is 260 g/mol. The third kappa shape index (κ3) is 3.80. The molecule has 1 aliphatic rings. The lowest BCUT2D eigenvalue weighted by Crippen LogP contribution is -2.43. The van der Waals surface area contributed by atoms with Crippen LogP contribution in [0.1, 0.15) is 51.1 Å². The van der Waals surface area contributed by atoms with Crippen LogP contribution in [0.3, 0.4) is 0 Å². The van der Waals surface area contributed by atoms with E-state index in [0.717, 1.165) is 6.04 Å².